The molecular weight excluding hydrogens is 294 g/mol. The van der Waals surface area contributed by atoms with Gasteiger partial charge >= 0.3 is 0 Å². The lowest BCUT2D eigenvalue weighted by molar-refractivity contribution is 0.0955. The summed E-state index contributed by atoms with van der Waals surface area (Å²) in [5, 5.41) is 2.75. The van der Waals surface area contributed by atoms with Crippen LogP contribution in [-0.4, -0.2) is 26.7 Å². The van der Waals surface area contributed by atoms with E-state index in [1.165, 1.54) is 14.2 Å². The summed E-state index contributed by atoms with van der Waals surface area (Å²) in [7, 11) is 3.07. The average Bonchev–Trinajstić information content (AvgIpc) is 2.60. The Morgan fingerprint density at radius 2 is 1.65 bits per heavy atom. The third kappa shape index (κ3) is 4.16. The second kappa shape index (κ2) is 8.08. The van der Waals surface area contributed by atoms with Crippen molar-refractivity contribution in [2.45, 2.75) is 13.5 Å². The van der Waals surface area contributed by atoms with Gasteiger partial charge in [-0.3, -0.25) is 4.79 Å². The molecule has 0 bridgehead atoms. The van der Waals surface area contributed by atoms with E-state index >= 15 is 0 Å². The van der Waals surface area contributed by atoms with Crippen LogP contribution in [0.5, 0.6) is 17.2 Å². The van der Waals surface area contributed by atoms with Crippen LogP contribution in [-0.2, 0) is 6.61 Å². The number of nitrogens with one attached hydrogen (secondary N) is 1. The van der Waals surface area contributed by atoms with E-state index < -0.39 is 0 Å². The van der Waals surface area contributed by atoms with E-state index in [0.29, 0.717) is 36.0 Å². The zero-order chi connectivity index (χ0) is 16.7. The molecule has 0 aliphatic rings. The molecular formula is C18H21NO4. The highest BCUT2D eigenvalue weighted by molar-refractivity contribution is 5.95. The SMILES string of the molecule is CCNC(=O)c1cc(OC)c(OCc2ccccc2)c(OC)c1. The number of methoxy groups -OCH3 is 2. The molecule has 0 heterocycles. The number of hydrogen-bond acceptors (Lipinski definition) is 4. The molecule has 0 saturated heterocycles. The van der Waals surface area contributed by atoms with Crippen LogP contribution in [0.15, 0.2) is 42.5 Å². The van der Waals surface area contributed by atoms with E-state index in [4.69, 9.17) is 14.2 Å². The highest BCUT2D eigenvalue weighted by Crippen LogP contribution is 2.39. The molecule has 0 unspecified atom stereocenters. The molecule has 0 fully saturated rings. The number of carbonyl (C=O) groups excluding carboxylic acids is 1. The van der Waals surface area contributed by atoms with Crippen LogP contribution in [0.4, 0.5) is 0 Å². The summed E-state index contributed by atoms with van der Waals surface area (Å²) in [5.74, 6) is 1.22. The van der Waals surface area contributed by atoms with Gasteiger partial charge in [0.15, 0.2) is 11.5 Å². The van der Waals surface area contributed by atoms with E-state index in [2.05, 4.69) is 5.32 Å². The fourth-order valence-electron chi connectivity index (χ4n) is 2.15. The zero-order valence-corrected chi connectivity index (χ0v) is 13.6. The summed E-state index contributed by atoms with van der Waals surface area (Å²) in [5.41, 5.74) is 1.50. The van der Waals surface area contributed by atoms with Gasteiger partial charge in [0.25, 0.3) is 5.91 Å². The largest absolute Gasteiger partial charge is 0.493 e. The Labute approximate surface area is 136 Å². The smallest absolute Gasteiger partial charge is 0.251 e. The summed E-state index contributed by atoms with van der Waals surface area (Å²) in [6.45, 7) is 2.80. The van der Waals surface area contributed by atoms with Crippen molar-refractivity contribution in [3.63, 3.8) is 0 Å². The normalized spacial score (nSPS) is 10.0. The highest BCUT2D eigenvalue weighted by atomic mass is 16.5. The maximum absolute atomic E-state index is 12.0. The fraction of sp³-hybridized carbons (Fsp3) is 0.278. The monoisotopic (exact) mass is 315 g/mol. The topological polar surface area (TPSA) is 56.8 Å². The standard InChI is InChI=1S/C18H21NO4/c1-4-19-18(20)14-10-15(21-2)17(16(11-14)22-3)23-12-13-8-6-5-7-9-13/h5-11H,4,12H2,1-3H3,(H,19,20). The predicted octanol–water partition coefficient (Wildman–Crippen LogP) is 3.03. The van der Waals surface area contributed by atoms with Crippen molar-refractivity contribution in [1.29, 1.82) is 0 Å². The van der Waals surface area contributed by atoms with Gasteiger partial charge in [0, 0.05) is 12.1 Å². The first-order chi connectivity index (χ1) is 11.2. The average molecular weight is 315 g/mol. The van der Waals surface area contributed by atoms with Gasteiger partial charge in [0.05, 0.1) is 14.2 Å². The van der Waals surface area contributed by atoms with Crippen molar-refractivity contribution in [3.05, 3.63) is 53.6 Å². The molecule has 23 heavy (non-hydrogen) atoms. The lowest BCUT2D eigenvalue weighted by Gasteiger charge is -2.16. The number of carbonyl (C=O) groups is 1. The molecule has 122 valence electrons. The minimum atomic E-state index is -0.182. The third-order valence-electron chi connectivity index (χ3n) is 3.29. The van der Waals surface area contributed by atoms with Crippen molar-refractivity contribution in [3.8, 4) is 17.2 Å². The number of benzene rings is 2. The summed E-state index contributed by atoms with van der Waals surface area (Å²) in [6.07, 6.45) is 0. The van der Waals surface area contributed by atoms with E-state index in [0.717, 1.165) is 5.56 Å². The van der Waals surface area contributed by atoms with Gasteiger partial charge in [-0.05, 0) is 24.6 Å². The van der Waals surface area contributed by atoms with Crippen LogP contribution in [0.3, 0.4) is 0 Å². The Bertz CT molecular complexity index is 630. The van der Waals surface area contributed by atoms with Crippen LogP contribution < -0.4 is 19.5 Å². The third-order valence-corrected chi connectivity index (χ3v) is 3.29. The summed E-state index contributed by atoms with van der Waals surface area (Å²) in [4.78, 5) is 12.0. The van der Waals surface area contributed by atoms with Crippen LogP contribution in [0.25, 0.3) is 0 Å². The zero-order valence-electron chi connectivity index (χ0n) is 13.6. The Morgan fingerprint density at radius 3 is 2.17 bits per heavy atom. The second-order valence-corrected chi connectivity index (χ2v) is 4.84. The van der Waals surface area contributed by atoms with Gasteiger partial charge in [0.2, 0.25) is 5.75 Å². The molecule has 0 aromatic heterocycles. The predicted molar refractivity (Wildman–Crippen MR) is 88.3 cm³/mol. The highest BCUT2D eigenvalue weighted by Gasteiger charge is 2.17. The van der Waals surface area contributed by atoms with Crippen LogP contribution in [0.2, 0.25) is 0 Å². The maximum Gasteiger partial charge on any atom is 0.251 e. The summed E-state index contributed by atoms with van der Waals surface area (Å²) in [6, 6.07) is 13.1. The molecule has 0 atom stereocenters. The molecule has 0 radical (unpaired) electrons. The van der Waals surface area contributed by atoms with Gasteiger partial charge in [-0.1, -0.05) is 30.3 Å². The molecule has 1 amide bonds. The van der Waals surface area contributed by atoms with Crippen molar-refractivity contribution < 1.29 is 19.0 Å². The fourth-order valence-corrected chi connectivity index (χ4v) is 2.15. The van der Waals surface area contributed by atoms with E-state index in [1.807, 2.05) is 37.3 Å². The van der Waals surface area contributed by atoms with Crippen molar-refractivity contribution in [1.82, 2.24) is 5.32 Å². The lowest BCUT2D eigenvalue weighted by atomic mass is 10.1. The Kier molecular flexibility index (Phi) is 5.86. The maximum atomic E-state index is 12.0. The number of rotatable bonds is 7. The van der Waals surface area contributed by atoms with Crippen molar-refractivity contribution in [2.24, 2.45) is 0 Å². The Balaban J connectivity index is 2.28. The molecule has 2 aromatic rings. The number of ether oxygens (including phenoxy) is 3. The molecule has 0 aliphatic heterocycles. The quantitative estimate of drug-likeness (QED) is 0.853. The molecule has 2 aromatic carbocycles. The van der Waals surface area contributed by atoms with E-state index in [1.54, 1.807) is 12.1 Å². The minimum absolute atomic E-state index is 0.182. The molecule has 1 N–H and O–H groups in total. The second-order valence-electron chi connectivity index (χ2n) is 4.84. The molecule has 0 aliphatic carbocycles. The molecule has 5 heteroatoms. The van der Waals surface area contributed by atoms with Crippen LogP contribution >= 0.6 is 0 Å². The van der Waals surface area contributed by atoms with Gasteiger partial charge < -0.3 is 19.5 Å². The lowest BCUT2D eigenvalue weighted by Crippen LogP contribution is -2.22. The molecule has 5 nitrogen and oxygen atoms in total. The number of hydrogen-bond donors (Lipinski definition) is 1. The van der Waals surface area contributed by atoms with E-state index in [9.17, 15) is 4.79 Å². The Hall–Kier alpha value is -2.69. The minimum Gasteiger partial charge on any atom is -0.493 e. The van der Waals surface area contributed by atoms with Crippen molar-refractivity contribution in [2.75, 3.05) is 20.8 Å². The molecule has 0 saturated carbocycles. The van der Waals surface area contributed by atoms with Crippen molar-refractivity contribution >= 4 is 5.91 Å². The first-order valence-electron chi connectivity index (χ1n) is 7.40. The Morgan fingerprint density at radius 1 is 1.04 bits per heavy atom. The van der Waals surface area contributed by atoms with Gasteiger partial charge in [-0.2, -0.15) is 0 Å². The summed E-state index contributed by atoms with van der Waals surface area (Å²) >= 11 is 0. The molecule has 2 rings (SSSR count). The first kappa shape index (κ1) is 16.7. The van der Waals surface area contributed by atoms with Crippen LogP contribution in [0, 0.1) is 0 Å². The molecule has 0 spiro atoms. The number of amides is 1. The first-order valence-corrected chi connectivity index (χ1v) is 7.40. The summed E-state index contributed by atoms with van der Waals surface area (Å²) < 4.78 is 16.6. The van der Waals surface area contributed by atoms with E-state index in [-0.39, 0.29) is 5.91 Å². The van der Waals surface area contributed by atoms with Crippen LogP contribution in [0.1, 0.15) is 22.8 Å². The van der Waals surface area contributed by atoms with Gasteiger partial charge in [0.1, 0.15) is 6.61 Å². The van der Waals surface area contributed by atoms with Gasteiger partial charge in [-0.15, -0.1) is 0 Å². The van der Waals surface area contributed by atoms with Gasteiger partial charge in [-0.25, -0.2) is 0 Å².